The van der Waals surface area contributed by atoms with Crippen LogP contribution in [0.3, 0.4) is 0 Å². The van der Waals surface area contributed by atoms with Crippen molar-refractivity contribution in [3.8, 4) is 0 Å². The number of fused-ring (bicyclic) bond motifs is 1. The van der Waals surface area contributed by atoms with E-state index in [4.69, 9.17) is 4.74 Å². The number of halogens is 1. The Morgan fingerprint density at radius 3 is 2.66 bits per heavy atom. The first kappa shape index (κ1) is 20.0. The topological polar surface area (TPSA) is 91.4 Å². The Hall–Kier alpha value is -3.75. The van der Waals surface area contributed by atoms with E-state index in [-0.39, 0.29) is 18.8 Å². The van der Waals surface area contributed by atoms with Crippen LogP contribution in [0.1, 0.15) is 5.69 Å². The fourth-order valence-electron chi connectivity index (χ4n) is 2.62. The third-order valence-corrected chi connectivity index (χ3v) is 4.05. The Labute approximate surface area is 166 Å². The van der Waals surface area contributed by atoms with Gasteiger partial charge in [0.15, 0.2) is 11.5 Å². The number of anilines is 1. The largest absolute Gasteiger partial charge is 0.448 e. The molecule has 0 saturated carbocycles. The van der Waals surface area contributed by atoms with E-state index in [9.17, 15) is 14.0 Å². The molecular formula is C20H20FN5O3. The standard InChI is InChI=1S/C20H20FN5O3/c1-25(2)20(28)29-12-11-26(14-7-4-3-5-8-14)17(27)13-16(21)18-15-9-6-10-22-19(15)24-23-18/h3-10,13H,11-12H2,1-2H3,(H,22,23,24)/b16-13-. The van der Waals surface area contributed by atoms with E-state index in [0.29, 0.717) is 16.7 Å². The quantitative estimate of drug-likeness (QED) is 0.646. The zero-order valence-corrected chi connectivity index (χ0v) is 16.0. The second-order valence-electron chi connectivity index (χ2n) is 6.30. The van der Waals surface area contributed by atoms with Crippen LogP contribution < -0.4 is 4.90 Å². The third-order valence-electron chi connectivity index (χ3n) is 4.05. The van der Waals surface area contributed by atoms with E-state index in [1.807, 2.05) is 0 Å². The highest BCUT2D eigenvalue weighted by Crippen LogP contribution is 2.23. The maximum atomic E-state index is 14.8. The Morgan fingerprint density at radius 2 is 1.93 bits per heavy atom. The van der Waals surface area contributed by atoms with Gasteiger partial charge in [-0.05, 0) is 24.3 Å². The van der Waals surface area contributed by atoms with Gasteiger partial charge in [0.2, 0.25) is 0 Å². The summed E-state index contributed by atoms with van der Waals surface area (Å²) in [7, 11) is 3.12. The molecule has 2 aromatic heterocycles. The van der Waals surface area contributed by atoms with Crippen molar-refractivity contribution in [3.63, 3.8) is 0 Å². The van der Waals surface area contributed by atoms with Crippen LogP contribution in [-0.2, 0) is 9.53 Å². The zero-order chi connectivity index (χ0) is 20.8. The minimum Gasteiger partial charge on any atom is -0.448 e. The van der Waals surface area contributed by atoms with Gasteiger partial charge in [0.1, 0.15) is 12.3 Å². The molecule has 3 rings (SSSR count). The minimum absolute atomic E-state index is 0.00787. The van der Waals surface area contributed by atoms with Crippen LogP contribution in [-0.4, -0.2) is 59.3 Å². The SMILES string of the molecule is CN(C)C(=O)OCCN(C(=O)/C=C(\F)c1n[nH]c2ncccc12)c1ccccc1. The maximum Gasteiger partial charge on any atom is 0.409 e. The van der Waals surface area contributed by atoms with Gasteiger partial charge in [0, 0.05) is 37.4 Å². The van der Waals surface area contributed by atoms with Gasteiger partial charge in [-0.15, -0.1) is 0 Å². The van der Waals surface area contributed by atoms with Crippen molar-refractivity contribution in [3.05, 3.63) is 60.4 Å². The second-order valence-corrected chi connectivity index (χ2v) is 6.30. The summed E-state index contributed by atoms with van der Waals surface area (Å²) in [6, 6.07) is 12.1. The number of amides is 2. The van der Waals surface area contributed by atoms with Crippen molar-refractivity contribution in [2.75, 3.05) is 32.1 Å². The molecule has 0 saturated heterocycles. The molecule has 150 valence electrons. The van der Waals surface area contributed by atoms with Gasteiger partial charge in [0.25, 0.3) is 5.91 Å². The molecule has 0 fully saturated rings. The van der Waals surface area contributed by atoms with Gasteiger partial charge in [-0.2, -0.15) is 5.10 Å². The molecule has 8 nitrogen and oxygen atoms in total. The molecule has 0 aliphatic heterocycles. The summed E-state index contributed by atoms with van der Waals surface area (Å²) in [5, 5.41) is 7.01. The summed E-state index contributed by atoms with van der Waals surface area (Å²) >= 11 is 0. The molecule has 3 aromatic rings. The van der Waals surface area contributed by atoms with E-state index in [2.05, 4.69) is 15.2 Å². The van der Waals surface area contributed by atoms with Crippen LogP contribution in [0.25, 0.3) is 16.9 Å². The summed E-state index contributed by atoms with van der Waals surface area (Å²) in [4.78, 5) is 31.1. The van der Waals surface area contributed by atoms with Gasteiger partial charge < -0.3 is 14.5 Å². The van der Waals surface area contributed by atoms with E-state index >= 15 is 0 Å². The zero-order valence-electron chi connectivity index (χ0n) is 16.0. The third kappa shape index (κ3) is 4.75. The number of pyridine rings is 1. The van der Waals surface area contributed by atoms with Crippen molar-refractivity contribution in [2.24, 2.45) is 0 Å². The van der Waals surface area contributed by atoms with E-state index in [1.54, 1.807) is 62.8 Å². The predicted molar refractivity (Wildman–Crippen MR) is 107 cm³/mol. The van der Waals surface area contributed by atoms with Crippen molar-refractivity contribution >= 4 is 34.5 Å². The highest BCUT2D eigenvalue weighted by atomic mass is 19.1. The number of rotatable bonds is 6. The lowest BCUT2D eigenvalue weighted by Crippen LogP contribution is -2.34. The molecule has 2 amide bonds. The number of carbonyl (C=O) groups is 2. The molecule has 0 bridgehead atoms. The summed E-state index contributed by atoms with van der Waals surface area (Å²) in [5.41, 5.74) is 0.985. The fourth-order valence-corrected chi connectivity index (χ4v) is 2.62. The lowest BCUT2D eigenvalue weighted by atomic mass is 10.2. The van der Waals surface area contributed by atoms with Gasteiger partial charge in [-0.1, -0.05) is 18.2 Å². The van der Waals surface area contributed by atoms with Crippen molar-refractivity contribution in [1.29, 1.82) is 0 Å². The highest BCUT2D eigenvalue weighted by molar-refractivity contribution is 6.06. The Bertz CT molecular complexity index is 1030. The first-order chi connectivity index (χ1) is 14.0. The number of aromatic amines is 1. The monoisotopic (exact) mass is 397 g/mol. The molecular weight excluding hydrogens is 377 g/mol. The molecule has 2 heterocycles. The summed E-state index contributed by atoms with van der Waals surface area (Å²) in [6.07, 6.45) is 1.90. The van der Waals surface area contributed by atoms with Crippen LogP contribution in [0.5, 0.6) is 0 Å². The lowest BCUT2D eigenvalue weighted by molar-refractivity contribution is -0.114. The van der Waals surface area contributed by atoms with Crippen LogP contribution in [0.2, 0.25) is 0 Å². The van der Waals surface area contributed by atoms with Crippen molar-refractivity contribution < 1.29 is 18.7 Å². The normalized spacial score (nSPS) is 11.3. The summed E-state index contributed by atoms with van der Waals surface area (Å²) in [5.74, 6) is -1.39. The number of carbonyl (C=O) groups excluding carboxylic acids is 2. The Balaban J connectivity index is 1.82. The number of ether oxygens (including phenoxy) is 1. The number of para-hydroxylation sites is 1. The predicted octanol–water partition coefficient (Wildman–Crippen LogP) is 3.00. The van der Waals surface area contributed by atoms with Crippen LogP contribution in [0.4, 0.5) is 14.9 Å². The van der Waals surface area contributed by atoms with Crippen molar-refractivity contribution in [2.45, 2.75) is 0 Å². The lowest BCUT2D eigenvalue weighted by Gasteiger charge is -2.22. The summed E-state index contributed by atoms with van der Waals surface area (Å²) in [6.45, 7) is 0.0252. The highest BCUT2D eigenvalue weighted by Gasteiger charge is 2.18. The first-order valence-corrected chi connectivity index (χ1v) is 8.84. The molecule has 9 heteroatoms. The minimum atomic E-state index is -0.791. The van der Waals surface area contributed by atoms with Gasteiger partial charge in [-0.25, -0.2) is 14.2 Å². The smallest absolute Gasteiger partial charge is 0.409 e. The second kappa shape index (κ2) is 8.96. The Morgan fingerprint density at radius 1 is 1.17 bits per heavy atom. The number of H-pyrrole nitrogens is 1. The van der Waals surface area contributed by atoms with Gasteiger partial charge in [-0.3, -0.25) is 9.89 Å². The van der Waals surface area contributed by atoms with E-state index in [0.717, 1.165) is 6.08 Å². The molecule has 0 aliphatic rings. The molecule has 0 atom stereocenters. The molecule has 1 N–H and O–H groups in total. The fraction of sp³-hybridized carbons (Fsp3) is 0.200. The van der Waals surface area contributed by atoms with E-state index in [1.165, 1.54) is 9.80 Å². The number of hydrogen-bond donors (Lipinski definition) is 1. The van der Waals surface area contributed by atoms with Gasteiger partial charge >= 0.3 is 6.09 Å². The molecule has 0 unspecified atom stereocenters. The average molecular weight is 397 g/mol. The van der Waals surface area contributed by atoms with E-state index < -0.39 is 17.8 Å². The number of hydrogen-bond acceptors (Lipinski definition) is 5. The number of nitrogens with zero attached hydrogens (tertiary/aromatic N) is 4. The van der Waals surface area contributed by atoms with Crippen molar-refractivity contribution in [1.82, 2.24) is 20.1 Å². The van der Waals surface area contributed by atoms with Crippen LogP contribution in [0, 0.1) is 0 Å². The maximum absolute atomic E-state index is 14.8. The number of nitrogens with one attached hydrogen (secondary N) is 1. The molecule has 0 aliphatic carbocycles. The molecule has 1 aromatic carbocycles. The Kier molecular flexibility index (Phi) is 6.18. The first-order valence-electron chi connectivity index (χ1n) is 8.84. The number of aromatic nitrogens is 3. The molecule has 0 radical (unpaired) electrons. The molecule has 0 spiro atoms. The van der Waals surface area contributed by atoms with Crippen LogP contribution >= 0.6 is 0 Å². The van der Waals surface area contributed by atoms with Gasteiger partial charge in [0.05, 0.1) is 6.54 Å². The molecule has 29 heavy (non-hydrogen) atoms. The number of benzene rings is 1. The summed E-state index contributed by atoms with van der Waals surface area (Å²) < 4.78 is 19.9. The van der Waals surface area contributed by atoms with Crippen LogP contribution in [0.15, 0.2) is 54.7 Å². The average Bonchev–Trinajstić information content (AvgIpc) is 3.15.